The highest BCUT2D eigenvalue weighted by molar-refractivity contribution is 5.95. The molecule has 2 aromatic heterocycles. The number of hydrogen-bond donors (Lipinski definition) is 2. The largest absolute Gasteiger partial charge is 0.503 e. The molecule has 5 rings (SSSR count). The van der Waals surface area contributed by atoms with Crippen LogP contribution in [0.4, 0.5) is 0 Å². The predicted molar refractivity (Wildman–Crippen MR) is 124 cm³/mol. The van der Waals surface area contributed by atoms with Crippen molar-refractivity contribution < 1.29 is 19.2 Å². The number of nitrogens with one attached hydrogen (secondary N) is 1. The average Bonchev–Trinajstić information content (AvgIpc) is 3.42. The topological polar surface area (TPSA) is 110 Å². The van der Waals surface area contributed by atoms with Crippen LogP contribution in [0.2, 0.25) is 0 Å². The first kappa shape index (κ1) is 21.6. The Labute approximate surface area is 196 Å². The molecule has 2 aromatic carbocycles. The van der Waals surface area contributed by atoms with Gasteiger partial charge in [0.05, 0.1) is 19.1 Å². The van der Waals surface area contributed by atoms with Gasteiger partial charge in [-0.2, -0.15) is 4.98 Å². The number of carbonyl (C=O) groups excluding carboxylic acids is 1. The van der Waals surface area contributed by atoms with Crippen molar-refractivity contribution >= 4 is 5.91 Å². The highest BCUT2D eigenvalue weighted by Crippen LogP contribution is 2.65. The van der Waals surface area contributed by atoms with Crippen molar-refractivity contribution in [3.63, 3.8) is 0 Å². The van der Waals surface area contributed by atoms with Gasteiger partial charge in [-0.1, -0.05) is 65.8 Å². The Bertz CT molecular complexity index is 1250. The van der Waals surface area contributed by atoms with E-state index in [9.17, 15) is 9.90 Å². The molecule has 0 saturated heterocycles. The number of benzene rings is 2. The molecular formula is C26H24N4O4. The summed E-state index contributed by atoms with van der Waals surface area (Å²) in [5.41, 5.74) is 2.31. The van der Waals surface area contributed by atoms with Crippen LogP contribution in [0.15, 0.2) is 77.4 Å². The number of ether oxygens (including phenoxy) is 1. The lowest BCUT2D eigenvalue weighted by Gasteiger charge is -2.11. The van der Waals surface area contributed by atoms with Gasteiger partial charge in [-0.3, -0.25) is 4.79 Å². The Morgan fingerprint density at radius 3 is 2.21 bits per heavy atom. The molecule has 0 bridgehead atoms. The van der Waals surface area contributed by atoms with E-state index < -0.39 is 11.9 Å². The Morgan fingerprint density at radius 2 is 1.62 bits per heavy atom. The fourth-order valence-corrected chi connectivity index (χ4v) is 4.45. The van der Waals surface area contributed by atoms with Gasteiger partial charge in [0, 0.05) is 24.1 Å². The SMILES string of the molecule is COc1ccnc(C(=O)N[C@@H](C)c2noc(C3C(c4ccccc4)C3c3ccccc3)n2)c1O. The fourth-order valence-electron chi connectivity index (χ4n) is 4.45. The Hall–Kier alpha value is -4.20. The highest BCUT2D eigenvalue weighted by Gasteiger charge is 2.55. The first-order valence-electron chi connectivity index (χ1n) is 11.0. The van der Waals surface area contributed by atoms with Crippen molar-refractivity contribution in [1.29, 1.82) is 0 Å². The molecule has 8 heteroatoms. The smallest absolute Gasteiger partial charge is 0.274 e. The third kappa shape index (κ3) is 3.98. The van der Waals surface area contributed by atoms with Gasteiger partial charge < -0.3 is 19.7 Å². The van der Waals surface area contributed by atoms with E-state index in [1.807, 2.05) is 36.4 Å². The number of pyridine rings is 1. The molecule has 34 heavy (non-hydrogen) atoms. The van der Waals surface area contributed by atoms with Crippen molar-refractivity contribution in [2.75, 3.05) is 7.11 Å². The van der Waals surface area contributed by atoms with E-state index in [0.29, 0.717) is 11.7 Å². The van der Waals surface area contributed by atoms with Crippen molar-refractivity contribution in [3.05, 3.63) is 101 Å². The van der Waals surface area contributed by atoms with E-state index in [0.717, 1.165) is 0 Å². The molecular weight excluding hydrogens is 432 g/mol. The molecule has 2 heterocycles. The van der Waals surface area contributed by atoms with E-state index in [-0.39, 0.29) is 34.9 Å². The molecule has 172 valence electrons. The number of rotatable bonds is 7. The zero-order valence-electron chi connectivity index (χ0n) is 18.8. The Balaban J connectivity index is 1.36. The molecule has 1 amide bonds. The fraction of sp³-hybridized carbons (Fsp3) is 0.231. The van der Waals surface area contributed by atoms with Crippen molar-refractivity contribution in [2.45, 2.75) is 30.7 Å². The highest BCUT2D eigenvalue weighted by atomic mass is 16.5. The second-order valence-electron chi connectivity index (χ2n) is 8.30. The third-order valence-corrected chi connectivity index (χ3v) is 6.19. The minimum Gasteiger partial charge on any atom is -0.503 e. The monoisotopic (exact) mass is 456 g/mol. The van der Waals surface area contributed by atoms with Gasteiger partial charge in [0.2, 0.25) is 5.89 Å². The van der Waals surface area contributed by atoms with E-state index in [2.05, 4.69) is 44.7 Å². The van der Waals surface area contributed by atoms with Gasteiger partial charge >= 0.3 is 0 Å². The number of aromatic nitrogens is 3. The van der Waals surface area contributed by atoms with Crippen LogP contribution in [0.5, 0.6) is 11.5 Å². The molecule has 3 atom stereocenters. The number of aromatic hydroxyl groups is 1. The van der Waals surface area contributed by atoms with E-state index in [1.54, 1.807) is 6.92 Å². The summed E-state index contributed by atoms with van der Waals surface area (Å²) in [5, 5.41) is 17.1. The first-order valence-corrected chi connectivity index (χ1v) is 11.0. The van der Waals surface area contributed by atoms with Crippen LogP contribution < -0.4 is 10.1 Å². The number of hydrogen-bond acceptors (Lipinski definition) is 7. The summed E-state index contributed by atoms with van der Waals surface area (Å²) >= 11 is 0. The van der Waals surface area contributed by atoms with Gasteiger partial charge in [-0.15, -0.1) is 0 Å². The summed E-state index contributed by atoms with van der Waals surface area (Å²) in [6.45, 7) is 1.75. The predicted octanol–water partition coefficient (Wildman–Crippen LogP) is 4.33. The summed E-state index contributed by atoms with van der Waals surface area (Å²) in [6, 6.07) is 21.5. The second-order valence-corrected chi connectivity index (χ2v) is 8.30. The van der Waals surface area contributed by atoms with Crippen LogP contribution in [-0.2, 0) is 0 Å². The van der Waals surface area contributed by atoms with Crippen LogP contribution in [0.1, 0.15) is 64.0 Å². The normalized spacial score (nSPS) is 19.9. The number of nitrogens with zero attached hydrogens (tertiary/aromatic N) is 3. The number of methoxy groups -OCH3 is 1. The maximum Gasteiger partial charge on any atom is 0.274 e. The summed E-state index contributed by atoms with van der Waals surface area (Å²) in [7, 11) is 1.41. The zero-order chi connectivity index (χ0) is 23.7. The standard InChI is InChI=1S/C26H24N4O4/c1-15(28-25(32)22-23(31)18(33-2)13-14-27-22)24-29-26(34-30-24)21-19(16-9-5-3-6-10-16)20(21)17-11-7-4-8-12-17/h3-15,19-21,31H,1-2H3,(H,28,32)/t15-,19?,20?,21?/m0/s1. The molecule has 0 spiro atoms. The van der Waals surface area contributed by atoms with E-state index in [1.165, 1.54) is 30.5 Å². The van der Waals surface area contributed by atoms with Crippen molar-refractivity contribution in [3.8, 4) is 11.5 Å². The number of amides is 1. The molecule has 1 aliphatic carbocycles. The lowest BCUT2D eigenvalue weighted by atomic mass is 10.0. The van der Waals surface area contributed by atoms with Crippen LogP contribution in [0.25, 0.3) is 0 Å². The summed E-state index contributed by atoms with van der Waals surface area (Å²) < 4.78 is 10.7. The van der Waals surface area contributed by atoms with Gasteiger partial charge in [-0.25, -0.2) is 4.98 Å². The van der Waals surface area contributed by atoms with Gasteiger partial charge in [-0.05, 0) is 18.1 Å². The number of carbonyl (C=O) groups is 1. The second kappa shape index (κ2) is 8.97. The molecule has 1 saturated carbocycles. The average molecular weight is 457 g/mol. The molecule has 4 aromatic rings. The lowest BCUT2D eigenvalue weighted by Crippen LogP contribution is -2.28. The van der Waals surface area contributed by atoms with Crippen LogP contribution in [0.3, 0.4) is 0 Å². The van der Waals surface area contributed by atoms with Gasteiger partial charge in [0.15, 0.2) is 23.0 Å². The van der Waals surface area contributed by atoms with Crippen molar-refractivity contribution in [2.24, 2.45) is 0 Å². The minimum atomic E-state index is -0.564. The van der Waals surface area contributed by atoms with Crippen LogP contribution in [0, 0.1) is 0 Å². The van der Waals surface area contributed by atoms with Gasteiger partial charge in [0.1, 0.15) is 0 Å². The van der Waals surface area contributed by atoms with Crippen LogP contribution >= 0.6 is 0 Å². The van der Waals surface area contributed by atoms with Crippen molar-refractivity contribution in [1.82, 2.24) is 20.4 Å². The van der Waals surface area contributed by atoms with Crippen LogP contribution in [-0.4, -0.2) is 33.2 Å². The summed E-state index contributed by atoms with van der Waals surface area (Å²) in [6.07, 6.45) is 1.39. The Kier molecular flexibility index (Phi) is 5.71. The first-order chi connectivity index (χ1) is 16.6. The summed E-state index contributed by atoms with van der Waals surface area (Å²) in [5.74, 6) is 0.709. The molecule has 8 nitrogen and oxygen atoms in total. The lowest BCUT2D eigenvalue weighted by molar-refractivity contribution is 0.0929. The molecule has 2 N–H and O–H groups in total. The molecule has 0 radical (unpaired) electrons. The zero-order valence-corrected chi connectivity index (χ0v) is 18.8. The van der Waals surface area contributed by atoms with Gasteiger partial charge in [0.25, 0.3) is 5.91 Å². The quantitative estimate of drug-likeness (QED) is 0.426. The molecule has 1 aliphatic rings. The maximum atomic E-state index is 12.7. The minimum absolute atomic E-state index is 0.0537. The molecule has 2 unspecified atom stereocenters. The molecule has 0 aliphatic heterocycles. The van der Waals surface area contributed by atoms with E-state index >= 15 is 0 Å². The Morgan fingerprint density at radius 1 is 1.00 bits per heavy atom. The summed E-state index contributed by atoms with van der Waals surface area (Å²) in [4.78, 5) is 21.3. The maximum absolute atomic E-state index is 12.7. The molecule has 1 fully saturated rings. The third-order valence-electron chi connectivity index (χ3n) is 6.19. The van der Waals surface area contributed by atoms with E-state index in [4.69, 9.17) is 9.26 Å².